The smallest absolute Gasteiger partial charge is 0.212 e. The number of ether oxygens (including phenoxy) is 1. The Labute approximate surface area is 159 Å². The number of methoxy groups -OCH3 is 1. The highest BCUT2D eigenvalue weighted by Gasteiger charge is 2.30. The fraction of sp³-hybridized carbons (Fsp3) is 0.381. The molecule has 2 aromatic heterocycles. The highest BCUT2D eigenvalue weighted by molar-refractivity contribution is 5.56. The topological polar surface area (TPSA) is 56.1 Å². The number of piperidine rings is 1. The number of hydrogen-bond acceptors (Lipinski definition) is 5. The van der Waals surface area contributed by atoms with Crippen molar-refractivity contribution in [2.45, 2.75) is 18.9 Å². The molecule has 2 atom stereocenters. The Morgan fingerprint density at radius 2 is 2.00 bits per heavy atom. The third-order valence-electron chi connectivity index (χ3n) is 5.33. The monoisotopic (exact) mass is 363 g/mol. The normalized spacial score (nSPS) is 20.5. The Kier molecular flexibility index (Phi) is 5.16. The summed E-state index contributed by atoms with van der Waals surface area (Å²) in [7, 11) is 3.81. The molecule has 1 fully saturated rings. The van der Waals surface area contributed by atoms with Crippen molar-refractivity contribution in [1.29, 1.82) is 0 Å². The van der Waals surface area contributed by atoms with E-state index in [1.165, 1.54) is 5.56 Å². The van der Waals surface area contributed by atoms with Gasteiger partial charge in [0.1, 0.15) is 5.69 Å². The SMILES string of the molecule is COc1ccc(-c2cn([C@@H]3CCN(C)C[C@@H]3Cc3ccccc3)nn2)cn1. The zero-order chi connectivity index (χ0) is 18.6. The first-order chi connectivity index (χ1) is 13.2. The average Bonchev–Trinajstić information content (AvgIpc) is 3.19. The number of pyridine rings is 1. The lowest BCUT2D eigenvalue weighted by Gasteiger charge is -2.36. The molecule has 0 spiro atoms. The van der Waals surface area contributed by atoms with Crippen LogP contribution >= 0.6 is 0 Å². The van der Waals surface area contributed by atoms with Gasteiger partial charge in [0, 0.05) is 24.4 Å². The maximum absolute atomic E-state index is 5.13. The predicted molar refractivity (Wildman–Crippen MR) is 105 cm³/mol. The van der Waals surface area contributed by atoms with E-state index in [0.717, 1.165) is 37.2 Å². The van der Waals surface area contributed by atoms with E-state index in [2.05, 4.69) is 68.5 Å². The van der Waals surface area contributed by atoms with E-state index in [1.54, 1.807) is 13.3 Å². The molecule has 3 aromatic rings. The van der Waals surface area contributed by atoms with Gasteiger partial charge < -0.3 is 9.64 Å². The molecule has 6 nitrogen and oxygen atoms in total. The summed E-state index contributed by atoms with van der Waals surface area (Å²) in [4.78, 5) is 6.68. The second-order valence-corrected chi connectivity index (χ2v) is 7.24. The first kappa shape index (κ1) is 17.7. The van der Waals surface area contributed by atoms with E-state index >= 15 is 0 Å². The Balaban J connectivity index is 1.55. The molecule has 0 amide bonds. The molecule has 27 heavy (non-hydrogen) atoms. The van der Waals surface area contributed by atoms with Crippen molar-refractivity contribution in [3.63, 3.8) is 0 Å². The van der Waals surface area contributed by atoms with E-state index in [9.17, 15) is 0 Å². The Morgan fingerprint density at radius 1 is 1.15 bits per heavy atom. The quantitative estimate of drug-likeness (QED) is 0.697. The number of aromatic nitrogens is 4. The summed E-state index contributed by atoms with van der Waals surface area (Å²) < 4.78 is 7.18. The highest BCUT2D eigenvalue weighted by Crippen LogP contribution is 2.31. The zero-order valence-electron chi connectivity index (χ0n) is 15.8. The van der Waals surface area contributed by atoms with Crippen molar-refractivity contribution in [2.24, 2.45) is 5.92 Å². The second-order valence-electron chi connectivity index (χ2n) is 7.24. The average molecular weight is 363 g/mol. The van der Waals surface area contributed by atoms with Crippen molar-refractivity contribution >= 4 is 0 Å². The van der Waals surface area contributed by atoms with Gasteiger partial charge >= 0.3 is 0 Å². The molecule has 3 heterocycles. The van der Waals surface area contributed by atoms with Crippen LogP contribution in [0.25, 0.3) is 11.3 Å². The van der Waals surface area contributed by atoms with Crippen LogP contribution in [0.2, 0.25) is 0 Å². The second kappa shape index (κ2) is 7.88. The molecule has 0 radical (unpaired) electrons. The van der Waals surface area contributed by atoms with E-state index in [1.807, 2.05) is 12.1 Å². The molecular formula is C21H25N5O. The number of benzene rings is 1. The number of hydrogen-bond donors (Lipinski definition) is 0. The summed E-state index contributed by atoms with van der Waals surface area (Å²) in [6.07, 6.45) is 5.97. The minimum atomic E-state index is 0.355. The van der Waals surface area contributed by atoms with Gasteiger partial charge in [-0.25, -0.2) is 9.67 Å². The summed E-state index contributed by atoms with van der Waals surface area (Å²) in [5.41, 5.74) is 3.18. The minimum absolute atomic E-state index is 0.355. The molecule has 0 aliphatic carbocycles. The molecule has 0 saturated carbocycles. The predicted octanol–water partition coefficient (Wildman–Crippen LogP) is 3.08. The first-order valence-electron chi connectivity index (χ1n) is 9.37. The van der Waals surface area contributed by atoms with E-state index in [-0.39, 0.29) is 0 Å². The van der Waals surface area contributed by atoms with Crippen LogP contribution in [0.1, 0.15) is 18.0 Å². The first-order valence-corrected chi connectivity index (χ1v) is 9.37. The molecule has 1 aliphatic heterocycles. The van der Waals surface area contributed by atoms with Crippen molar-refractivity contribution in [3.05, 3.63) is 60.4 Å². The van der Waals surface area contributed by atoms with Crippen LogP contribution in [0, 0.1) is 5.92 Å². The summed E-state index contributed by atoms with van der Waals surface area (Å²) in [5, 5.41) is 8.86. The third-order valence-corrected chi connectivity index (χ3v) is 5.33. The van der Waals surface area contributed by atoms with Crippen LogP contribution in [0.4, 0.5) is 0 Å². The molecule has 6 heteroatoms. The van der Waals surface area contributed by atoms with Gasteiger partial charge in [-0.2, -0.15) is 0 Å². The summed E-state index contributed by atoms with van der Waals surface area (Å²) in [6.45, 7) is 2.15. The molecule has 0 N–H and O–H groups in total. The van der Waals surface area contributed by atoms with Crippen molar-refractivity contribution in [1.82, 2.24) is 24.9 Å². The maximum atomic E-state index is 5.13. The van der Waals surface area contributed by atoms with Crippen molar-refractivity contribution < 1.29 is 4.74 Å². The molecule has 0 bridgehead atoms. The van der Waals surface area contributed by atoms with Gasteiger partial charge in [-0.3, -0.25) is 0 Å². The van der Waals surface area contributed by atoms with E-state index in [0.29, 0.717) is 17.8 Å². The lowest BCUT2D eigenvalue weighted by atomic mass is 9.87. The largest absolute Gasteiger partial charge is 0.481 e. The van der Waals surface area contributed by atoms with Crippen LogP contribution in [0.3, 0.4) is 0 Å². The Morgan fingerprint density at radius 3 is 2.74 bits per heavy atom. The number of nitrogens with zero attached hydrogens (tertiary/aromatic N) is 5. The Hall–Kier alpha value is -2.73. The van der Waals surface area contributed by atoms with Crippen LogP contribution in [-0.2, 0) is 6.42 Å². The molecule has 0 unspecified atom stereocenters. The van der Waals surface area contributed by atoms with Gasteiger partial charge in [-0.05, 0) is 44.0 Å². The van der Waals surface area contributed by atoms with Crippen LogP contribution in [0.5, 0.6) is 5.88 Å². The van der Waals surface area contributed by atoms with E-state index < -0.39 is 0 Å². The van der Waals surface area contributed by atoms with Crippen LogP contribution < -0.4 is 4.74 Å². The van der Waals surface area contributed by atoms with Gasteiger partial charge in [-0.15, -0.1) is 5.10 Å². The highest BCUT2D eigenvalue weighted by atomic mass is 16.5. The summed E-state index contributed by atoms with van der Waals surface area (Å²) in [6, 6.07) is 14.9. The van der Waals surface area contributed by atoms with Crippen molar-refractivity contribution in [3.8, 4) is 17.1 Å². The summed E-state index contributed by atoms with van der Waals surface area (Å²) >= 11 is 0. The minimum Gasteiger partial charge on any atom is -0.481 e. The lowest BCUT2D eigenvalue weighted by Crippen LogP contribution is -2.40. The number of rotatable bonds is 5. The fourth-order valence-corrected chi connectivity index (χ4v) is 3.89. The van der Waals surface area contributed by atoms with Gasteiger partial charge in [-0.1, -0.05) is 35.5 Å². The van der Waals surface area contributed by atoms with Crippen LogP contribution in [0.15, 0.2) is 54.9 Å². The fourth-order valence-electron chi connectivity index (χ4n) is 3.89. The van der Waals surface area contributed by atoms with E-state index in [4.69, 9.17) is 4.74 Å². The van der Waals surface area contributed by atoms with Gasteiger partial charge in [0.15, 0.2) is 0 Å². The molecule has 1 aromatic carbocycles. The third kappa shape index (κ3) is 4.01. The van der Waals surface area contributed by atoms with Gasteiger partial charge in [0.25, 0.3) is 0 Å². The molecule has 1 aliphatic rings. The molecule has 140 valence electrons. The maximum Gasteiger partial charge on any atom is 0.212 e. The standard InChI is InChI=1S/C21H25N5O/c1-25-11-10-20(18(14-25)12-16-6-4-3-5-7-16)26-15-19(23-24-26)17-8-9-21(27-2)22-13-17/h3-9,13,15,18,20H,10-12,14H2,1-2H3/t18-,20+/m0/s1. The van der Waals surface area contributed by atoms with Crippen LogP contribution in [-0.4, -0.2) is 52.1 Å². The summed E-state index contributed by atoms with van der Waals surface area (Å²) in [5.74, 6) is 1.11. The zero-order valence-corrected chi connectivity index (χ0v) is 15.8. The van der Waals surface area contributed by atoms with Gasteiger partial charge in [0.2, 0.25) is 5.88 Å². The van der Waals surface area contributed by atoms with Crippen molar-refractivity contribution in [2.75, 3.05) is 27.2 Å². The molecular weight excluding hydrogens is 338 g/mol. The Bertz CT molecular complexity index is 862. The molecule has 1 saturated heterocycles. The lowest BCUT2D eigenvalue weighted by molar-refractivity contribution is 0.137. The number of likely N-dealkylation sites (tertiary alicyclic amines) is 1. The molecule has 4 rings (SSSR count). The van der Waals surface area contributed by atoms with Gasteiger partial charge in [0.05, 0.1) is 19.3 Å².